The molecule has 1 fully saturated rings. The Bertz CT molecular complexity index is 537. The topological polar surface area (TPSA) is 72.2 Å². The zero-order valence-electron chi connectivity index (χ0n) is 11.5. The molecule has 3 N–H and O–H groups in total. The van der Waals surface area contributed by atoms with E-state index in [1.54, 1.807) is 6.92 Å². The van der Waals surface area contributed by atoms with E-state index in [0.717, 1.165) is 38.2 Å². The minimum Gasteiger partial charge on any atom is -0.366 e. The van der Waals surface area contributed by atoms with Gasteiger partial charge >= 0.3 is 0 Å². The second-order valence-corrected chi connectivity index (χ2v) is 5.32. The Kier molecular flexibility index (Phi) is 4.37. The van der Waals surface area contributed by atoms with Crippen molar-refractivity contribution in [1.82, 2.24) is 0 Å². The summed E-state index contributed by atoms with van der Waals surface area (Å²) in [6.07, 6.45) is 4.99. The van der Waals surface area contributed by atoms with E-state index in [1.165, 1.54) is 6.07 Å². The summed E-state index contributed by atoms with van der Waals surface area (Å²) in [6.45, 7) is 1.57. The minimum atomic E-state index is -0.711. The van der Waals surface area contributed by atoms with Crippen LogP contribution in [0.5, 0.6) is 0 Å². The van der Waals surface area contributed by atoms with E-state index in [4.69, 9.17) is 5.73 Å². The number of rotatable bonds is 3. The Morgan fingerprint density at radius 2 is 1.90 bits per heavy atom. The third-order valence-corrected chi connectivity index (χ3v) is 3.86. The number of hydrogen-bond acceptors (Lipinski definition) is 2. The largest absolute Gasteiger partial charge is 0.366 e. The molecule has 0 atom stereocenters. The molecule has 1 saturated carbocycles. The van der Waals surface area contributed by atoms with Crippen molar-refractivity contribution >= 4 is 17.5 Å². The minimum absolute atomic E-state index is 0.0246. The molecule has 4 nitrogen and oxygen atoms in total. The summed E-state index contributed by atoms with van der Waals surface area (Å²) < 4.78 is 13.7. The monoisotopic (exact) mass is 278 g/mol. The fourth-order valence-electron chi connectivity index (χ4n) is 2.55. The smallest absolute Gasteiger partial charge is 0.248 e. The summed E-state index contributed by atoms with van der Waals surface area (Å²) in [5.41, 5.74) is 5.87. The van der Waals surface area contributed by atoms with Gasteiger partial charge < -0.3 is 11.1 Å². The van der Waals surface area contributed by atoms with E-state index in [0.29, 0.717) is 11.3 Å². The number of nitrogens with one attached hydrogen (secondary N) is 1. The van der Waals surface area contributed by atoms with Crippen LogP contribution >= 0.6 is 0 Å². The van der Waals surface area contributed by atoms with Crippen molar-refractivity contribution in [1.29, 1.82) is 0 Å². The van der Waals surface area contributed by atoms with E-state index in [2.05, 4.69) is 5.32 Å². The predicted molar refractivity (Wildman–Crippen MR) is 74.9 cm³/mol. The summed E-state index contributed by atoms with van der Waals surface area (Å²) in [4.78, 5) is 23.3. The van der Waals surface area contributed by atoms with Crippen molar-refractivity contribution in [3.8, 4) is 0 Å². The van der Waals surface area contributed by atoms with Crippen LogP contribution in [0.1, 0.15) is 48.0 Å². The lowest BCUT2D eigenvalue weighted by Gasteiger charge is -2.21. The summed E-state index contributed by atoms with van der Waals surface area (Å²) in [6, 6.07) is 2.52. The normalized spacial score (nSPS) is 15.9. The first-order valence-electron chi connectivity index (χ1n) is 6.90. The number of hydrogen-bond donors (Lipinski definition) is 2. The fourth-order valence-corrected chi connectivity index (χ4v) is 2.55. The van der Waals surface area contributed by atoms with Gasteiger partial charge in [0.05, 0.1) is 0 Å². The lowest BCUT2D eigenvalue weighted by atomic mass is 9.88. The average Bonchev–Trinajstić information content (AvgIpc) is 2.44. The second kappa shape index (κ2) is 6.03. The van der Waals surface area contributed by atoms with Gasteiger partial charge in [-0.05, 0) is 31.9 Å². The van der Waals surface area contributed by atoms with E-state index in [1.807, 2.05) is 0 Å². The quantitative estimate of drug-likeness (QED) is 0.892. The molecule has 5 heteroatoms. The summed E-state index contributed by atoms with van der Waals surface area (Å²) in [5, 5.41) is 2.73. The third-order valence-electron chi connectivity index (χ3n) is 3.86. The Balaban J connectivity index is 2.19. The fraction of sp³-hybridized carbons (Fsp3) is 0.467. The Hall–Kier alpha value is -1.91. The molecule has 2 amide bonds. The molecule has 0 aliphatic heterocycles. The molecule has 0 spiro atoms. The molecule has 0 heterocycles. The molecule has 1 aliphatic carbocycles. The molecular formula is C15H19FN2O2. The van der Waals surface area contributed by atoms with Crippen molar-refractivity contribution in [2.75, 3.05) is 5.32 Å². The maximum absolute atomic E-state index is 13.7. The zero-order valence-corrected chi connectivity index (χ0v) is 11.5. The summed E-state index contributed by atoms with van der Waals surface area (Å²) in [7, 11) is 0. The van der Waals surface area contributed by atoms with Crippen LogP contribution in [0, 0.1) is 18.7 Å². The Morgan fingerprint density at radius 3 is 2.50 bits per heavy atom. The van der Waals surface area contributed by atoms with Gasteiger partial charge in [0.1, 0.15) is 5.82 Å². The van der Waals surface area contributed by atoms with Crippen LogP contribution in [-0.2, 0) is 4.79 Å². The van der Waals surface area contributed by atoms with Gasteiger partial charge in [-0.15, -0.1) is 0 Å². The van der Waals surface area contributed by atoms with Gasteiger partial charge in [0.15, 0.2) is 0 Å². The first-order chi connectivity index (χ1) is 9.49. The van der Waals surface area contributed by atoms with Crippen molar-refractivity contribution in [3.05, 3.63) is 29.1 Å². The van der Waals surface area contributed by atoms with E-state index >= 15 is 0 Å². The molecule has 108 valence electrons. The second-order valence-electron chi connectivity index (χ2n) is 5.32. The molecule has 0 radical (unpaired) electrons. The molecule has 20 heavy (non-hydrogen) atoms. The molecule has 0 saturated heterocycles. The number of benzene rings is 1. The first-order valence-corrected chi connectivity index (χ1v) is 6.90. The molecule has 0 bridgehead atoms. The molecule has 1 aromatic carbocycles. The van der Waals surface area contributed by atoms with Gasteiger partial charge in [-0.3, -0.25) is 9.59 Å². The van der Waals surface area contributed by atoms with Crippen molar-refractivity contribution in [2.24, 2.45) is 11.7 Å². The van der Waals surface area contributed by atoms with Gasteiger partial charge in [0.2, 0.25) is 11.8 Å². The van der Waals surface area contributed by atoms with E-state index < -0.39 is 11.7 Å². The Morgan fingerprint density at radius 1 is 1.25 bits per heavy atom. The molecule has 2 rings (SSSR count). The van der Waals surface area contributed by atoms with Crippen LogP contribution in [-0.4, -0.2) is 11.8 Å². The molecular weight excluding hydrogens is 259 g/mol. The van der Waals surface area contributed by atoms with Crippen LogP contribution in [0.2, 0.25) is 0 Å². The van der Waals surface area contributed by atoms with Gasteiger partial charge in [0, 0.05) is 22.7 Å². The predicted octanol–water partition coefficient (Wildman–Crippen LogP) is 2.75. The van der Waals surface area contributed by atoms with Crippen molar-refractivity contribution in [2.45, 2.75) is 39.0 Å². The number of nitrogens with two attached hydrogens (primary N) is 1. The van der Waals surface area contributed by atoms with Crippen LogP contribution in [0.3, 0.4) is 0 Å². The van der Waals surface area contributed by atoms with Gasteiger partial charge in [-0.2, -0.15) is 0 Å². The molecule has 0 aromatic heterocycles. The standard InChI is InChI=1S/C15H19FN2O2/c1-9-12(16)7-11(14(17)19)8-13(9)18-15(20)10-5-3-2-4-6-10/h7-8,10H,2-6H2,1H3,(H2,17,19)(H,18,20). The number of carbonyl (C=O) groups excluding carboxylic acids is 2. The van der Waals surface area contributed by atoms with Crippen molar-refractivity contribution < 1.29 is 14.0 Å². The Labute approximate surface area is 117 Å². The lowest BCUT2D eigenvalue weighted by molar-refractivity contribution is -0.120. The number of carbonyl (C=O) groups is 2. The molecule has 1 aliphatic rings. The van der Waals surface area contributed by atoms with E-state index in [9.17, 15) is 14.0 Å². The van der Waals surface area contributed by atoms with Crippen LogP contribution in [0.25, 0.3) is 0 Å². The SMILES string of the molecule is Cc1c(F)cc(C(N)=O)cc1NC(=O)C1CCCCC1. The first kappa shape index (κ1) is 14.5. The molecule has 1 aromatic rings. The van der Waals surface area contributed by atoms with Crippen molar-refractivity contribution in [3.63, 3.8) is 0 Å². The average molecular weight is 278 g/mol. The van der Waals surface area contributed by atoms with Gasteiger partial charge in [-0.1, -0.05) is 19.3 Å². The highest BCUT2D eigenvalue weighted by Crippen LogP contribution is 2.26. The van der Waals surface area contributed by atoms with Crippen LogP contribution in [0.15, 0.2) is 12.1 Å². The lowest BCUT2D eigenvalue weighted by Crippen LogP contribution is -2.25. The van der Waals surface area contributed by atoms with Crippen LogP contribution < -0.4 is 11.1 Å². The number of amides is 2. The van der Waals surface area contributed by atoms with Gasteiger partial charge in [0.25, 0.3) is 0 Å². The summed E-state index contributed by atoms with van der Waals surface area (Å²) >= 11 is 0. The highest BCUT2D eigenvalue weighted by Gasteiger charge is 2.22. The maximum atomic E-state index is 13.7. The number of primary amides is 1. The summed E-state index contributed by atoms with van der Waals surface area (Å²) in [5.74, 6) is -1.38. The number of anilines is 1. The highest BCUT2D eigenvalue weighted by atomic mass is 19.1. The molecule has 0 unspecified atom stereocenters. The van der Waals surface area contributed by atoms with Gasteiger partial charge in [-0.25, -0.2) is 4.39 Å². The zero-order chi connectivity index (χ0) is 14.7. The maximum Gasteiger partial charge on any atom is 0.248 e. The number of halogens is 1. The highest BCUT2D eigenvalue weighted by molar-refractivity contribution is 5.97. The van der Waals surface area contributed by atoms with Crippen LogP contribution in [0.4, 0.5) is 10.1 Å². The third kappa shape index (κ3) is 3.15. The van der Waals surface area contributed by atoms with E-state index in [-0.39, 0.29) is 17.4 Å².